The third-order valence-corrected chi connectivity index (χ3v) is 6.20. The maximum absolute atomic E-state index is 13.5. The smallest absolute Gasteiger partial charge is 0.255 e. The molecule has 3 aromatic rings. The minimum Gasteiger partial charge on any atom is -0.323 e. The van der Waals surface area contributed by atoms with Gasteiger partial charge in [0.15, 0.2) is 0 Å². The molecule has 1 aliphatic heterocycles. The number of hydrogen-bond acceptors (Lipinski definition) is 2. The van der Waals surface area contributed by atoms with E-state index in [1.807, 2.05) is 74.5 Å². The van der Waals surface area contributed by atoms with Crippen LogP contribution in [-0.2, 0) is 4.79 Å². The van der Waals surface area contributed by atoms with Gasteiger partial charge in [0.2, 0.25) is 0 Å². The fraction of sp³-hybridized carbons (Fsp3) is 0.231. The van der Waals surface area contributed by atoms with Crippen molar-refractivity contribution in [1.82, 2.24) is 4.90 Å². The third-order valence-electron chi connectivity index (χ3n) is 5.95. The fourth-order valence-corrected chi connectivity index (χ4v) is 4.36. The number of rotatable bonds is 5. The van der Waals surface area contributed by atoms with Crippen LogP contribution in [-0.4, -0.2) is 23.3 Å². The summed E-state index contributed by atoms with van der Waals surface area (Å²) in [6.45, 7) is 6.42. The zero-order valence-corrected chi connectivity index (χ0v) is 18.6. The molecule has 0 saturated carbocycles. The third kappa shape index (κ3) is 4.08. The average molecular weight is 433 g/mol. The fourth-order valence-electron chi connectivity index (χ4n) is 4.24. The molecular weight excluding hydrogens is 408 g/mol. The van der Waals surface area contributed by atoms with E-state index in [2.05, 4.69) is 12.2 Å². The highest BCUT2D eigenvalue weighted by Crippen LogP contribution is 2.36. The number of halogens is 1. The van der Waals surface area contributed by atoms with Gasteiger partial charge in [-0.25, -0.2) is 0 Å². The van der Waals surface area contributed by atoms with Crippen molar-refractivity contribution in [2.45, 2.75) is 32.7 Å². The second-order valence-electron chi connectivity index (χ2n) is 8.16. The molecule has 0 aromatic heterocycles. The standard InChI is InChI=1S/C26H25ClN2O2/c1-16-7-6-8-17(2)23(16)28-25(30)24-21-9-4-5-10-22(21)26(31)29(24)15-18(3)19-11-13-20(27)14-12-19/h4-14,18,24H,15H2,1-3H3,(H,28,30). The molecule has 2 amide bonds. The molecule has 0 spiro atoms. The maximum atomic E-state index is 13.5. The van der Waals surface area contributed by atoms with Crippen molar-refractivity contribution in [3.05, 3.63) is 99.6 Å². The molecule has 0 radical (unpaired) electrons. The average Bonchev–Trinajstić information content (AvgIpc) is 3.03. The Balaban J connectivity index is 1.66. The van der Waals surface area contributed by atoms with Gasteiger partial charge in [-0.05, 0) is 60.2 Å². The monoisotopic (exact) mass is 432 g/mol. The first-order valence-corrected chi connectivity index (χ1v) is 10.8. The van der Waals surface area contributed by atoms with Crippen LogP contribution >= 0.6 is 11.6 Å². The van der Waals surface area contributed by atoms with Crippen molar-refractivity contribution in [3.8, 4) is 0 Å². The second kappa shape index (κ2) is 8.56. The SMILES string of the molecule is Cc1cccc(C)c1NC(=O)C1c2ccccc2C(=O)N1CC(C)c1ccc(Cl)cc1. The van der Waals surface area contributed by atoms with E-state index in [0.717, 1.165) is 27.9 Å². The minimum atomic E-state index is -0.669. The van der Waals surface area contributed by atoms with Crippen molar-refractivity contribution in [2.24, 2.45) is 0 Å². The maximum Gasteiger partial charge on any atom is 0.255 e. The first-order valence-electron chi connectivity index (χ1n) is 10.4. The Labute approximate surface area is 187 Å². The lowest BCUT2D eigenvalue weighted by Gasteiger charge is -2.28. The lowest BCUT2D eigenvalue weighted by Crippen LogP contribution is -2.38. The van der Waals surface area contributed by atoms with Gasteiger partial charge in [0, 0.05) is 22.8 Å². The van der Waals surface area contributed by atoms with Crippen molar-refractivity contribution >= 4 is 29.1 Å². The second-order valence-corrected chi connectivity index (χ2v) is 8.59. The molecule has 1 aliphatic rings. The van der Waals surface area contributed by atoms with E-state index in [-0.39, 0.29) is 17.7 Å². The summed E-state index contributed by atoms with van der Waals surface area (Å²) in [5.74, 6) is -0.261. The van der Waals surface area contributed by atoms with Crippen LogP contribution in [0.2, 0.25) is 5.02 Å². The number of fused-ring (bicyclic) bond motifs is 1. The number of nitrogens with zero attached hydrogens (tertiary/aromatic N) is 1. The Morgan fingerprint density at radius 3 is 2.32 bits per heavy atom. The molecule has 0 bridgehead atoms. The normalized spacial score (nSPS) is 16.2. The van der Waals surface area contributed by atoms with E-state index >= 15 is 0 Å². The molecule has 1 N–H and O–H groups in total. The highest BCUT2D eigenvalue weighted by Gasteiger charge is 2.41. The van der Waals surface area contributed by atoms with Gasteiger partial charge in [0.25, 0.3) is 11.8 Å². The van der Waals surface area contributed by atoms with E-state index in [1.54, 1.807) is 11.0 Å². The van der Waals surface area contributed by atoms with Crippen LogP contribution in [0.15, 0.2) is 66.7 Å². The Hall–Kier alpha value is -3.11. The van der Waals surface area contributed by atoms with Crippen LogP contribution in [0.1, 0.15) is 51.5 Å². The quantitative estimate of drug-likeness (QED) is 0.546. The number of hydrogen-bond donors (Lipinski definition) is 1. The summed E-state index contributed by atoms with van der Waals surface area (Å²) in [5, 5.41) is 3.75. The van der Waals surface area contributed by atoms with Gasteiger partial charge in [0.1, 0.15) is 6.04 Å². The lowest BCUT2D eigenvalue weighted by atomic mass is 9.99. The lowest BCUT2D eigenvalue weighted by molar-refractivity contribution is -0.120. The number of carbonyl (C=O) groups is 2. The molecule has 4 nitrogen and oxygen atoms in total. The van der Waals surface area contributed by atoms with E-state index in [9.17, 15) is 9.59 Å². The summed E-state index contributed by atoms with van der Waals surface area (Å²) in [4.78, 5) is 28.4. The van der Waals surface area contributed by atoms with E-state index < -0.39 is 6.04 Å². The summed E-state index contributed by atoms with van der Waals surface area (Å²) >= 11 is 6.02. The molecule has 4 rings (SSSR count). The van der Waals surface area contributed by atoms with Crippen molar-refractivity contribution in [3.63, 3.8) is 0 Å². The summed E-state index contributed by atoms with van der Waals surface area (Å²) in [6, 6.07) is 20.2. The minimum absolute atomic E-state index is 0.0472. The number of amides is 2. The predicted octanol–water partition coefficient (Wildman–Crippen LogP) is 5.90. The van der Waals surface area contributed by atoms with Crippen LogP contribution in [0.25, 0.3) is 0 Å². The Bertz CT molecular complexity index is 1120. The molecule has 5 heteroatoms. The van der Waals surface area contributed by atoms with Gasteiger partial charge in [-0.3, -0.25) is 9.59 Å². The summed E-state index contributed by atoms with van der Waals surface area (Å²) in [6.07, 6.45) is 0. The number of nitrogens with one attached hydrogen (secondary N) is 1. The molecule has 2 unspecified atom stereocenters. The van der Waals surface area contributed by atoms with Crippen LogP contribution in [0.3, 0.4) is 0 Å². The molecular formula is C26H25ClN2O2. The molecule has 0 fully saturated rings. The number of carbonyl (C=O) groups excluding carboxylic acids is 2. The Kier molecular flexibility index (Phi) is 5.84. The first kappa shape index (κ1) is 21.1. The van der Waals surface area contributed by atoms with Crippen molar-refractivity contribution in [2.75, 3.05) is 11.9 Å². The van der Waals surface area contributed by atoms with E-state index in [1.165, 1.54) is 0 Å². The van der Waals surface area contributed by atoms with Gasteiger partial charge in [0.05, 0.1) is 0 Å². The summed E-state index contributed by atoms with van der Waals surface area (Å²) < 4.78 is 0. The molecule has 0 saturated heterocycles. The molecule has 2 atom stereocenters. The number of para-hydroxylation sites is 1. The summed E-state index contributed by atoms with van der Waals surface area (Å²) in [7, 11) is 0. The van der Waals surface area contributed by atoms with Crippen LogP contribution in [0.5, 0.6) is 0 Å². The first-order chi connectivity index (χ1) is 14.9. The number of benzene rings is 3. The highest BCUT2D eigenvalue weighted by molar-refractivity contribution is 6.30. The van der Waals surface area contributed by atoms with Crippen molar-refractivity contribution < 1.29 is 9.59 Å². The topological polar surface area (TPSA) is 49.4 Å². The Morgan fingerprint density at radius 1 is 1.00 bits per heavy atom. The Morgan fingerprint density at radius 2 is 1.65 bits per heavy atom. The van der Waals surface area contributed by atoms with Crippen LogP contribution in [0.4, 0.5) is 5.69 Å². The molecule has 1 heterocycles. The van der Waals surface area contributed by atoms with Crippen LogP contribution < -0.4 is 5.32 Å². The molecule has 0 aliphatic carbocycles. The zero-order chi connectivity index (χ0) is 22.1. The van der Waals surface area contributed by atoms with Gasteiger partial charge in [-0.15, -0.1) is 0 Å². The van der Waals surface area contributed by atoms with E-state index in [0.29, 0.717) is 17.1 Å². The number of aryl methyl sites for hydroxylation is 2. The van der Waals surface area contributed by atoms with E-state index in [4.69, 9.17) is 11.6 Å². The molecule has 158 valence electrons. The van der Waals surface area contributed by atoms with Gasteiger partial charge >= 0.3 is 0 Å². The number of anilines is 1. The largest absolute Gasteiger partial charge is 0.323 e. The van der Waals surface area contributed by atoms with Gasteiger partial charge < -0.3 is 10.2 Å². The van der Waals surface area contributed by atoms with Crippen molar-refractivity contribution in [1.29, 1.82) is 0 Å². The predicted molar refractivity (Wildman–Crippen MR) is 125 cm³/mol. The van der Waals surface area contributed by atoms with Gasteiger partial charge in [-0.1, -0.05) is 67.1 Å². The molecule has 31 heavy (non-hydrogen) atoms. The highest BCUT2D eigenvalue weighted by atomic mass is 35.5. The van der Waals surface area contributed by atoms with Gasteiger partial charge in [-0.2, -0.15) is 0 Å². The zero-order valence-electron chi connectivity index (χ0n) is 17.9. The molecule has 3 aromatic carbocycles. The summed E-state index contributed by atoms with van der Waals surface area (Å²) in [5.41, 5.74) is 5.20. The van der Waals surface area contributed by atoms with Crippen LogP contribution in [0, 0.1) is 13.8 Å².